The zero-order valence-electron chi connectivity index (χ0n) is 12.5. The summed E-state index contributed by atoms with van der Waals surface area (Å²) >= 11 is 0. The average molecular weight is 296 g/mol. The van der Waals surface area contributed by atoms with Gasteiger partial charge >= 0.3 is 0 Å². The number of aromatic nitrogens is 1. The molecule has 0 aliphatic carbocycles. The van der Waals surface area contributed by atoms with Crippen LogP contribution in [0.15, 0.2) is 48.7 Å². The van der Waals surface area contributed by atoms with Gasteiger partial charge in [0.2, 0.25) is 0 Å². The van der Waals surface area contributed by atoms with Crippen molar-refractivity contribution in [3.8, 4) is 0 Å². The van der Waals surface area contributed by atoms with Crippen LogP contribution in [0, 0.1) is 0 Å². The summed E-state index contributed by atoms with van der Waals surface area (Å²) in [5.41, 5.74) is 2.62. The number of carbonyl (C=O) groups is 1. The van der Waals surface area contributed by atoms with Gasteiger partial charge in [0.15, 0.2) is 5.78 Å². The highest BCUT2D eigenvalue weighted by molar-refractivity contribution is 5.97. The van der Waals surface area contributed by atoms with Crippen LogP contribution in [0.2, 0.25) is 0 Å². The number of nitrogens with zero attached hydrogens (tertiary/aromatic N) is 1. The quantitative estimate of drug-likeness (QED) is 0.862. The number of hydrogen-bond donors (Lipinski definition) is 1. The first-order valence-electron chi connectivity index (χ1n) is 7.69. The second-order valence-corrected chi connectivity index (χ2v) is 5.41. The number of hydrogen-bond acceptors (Lipinski definition) is 4. The van der Waals surface area contributed by atoms with E-state index >= 15 is 0 Å². The zero-order valence-corrected chi connectivity index (χ0v) is 12.5. The fourth-order valence-electron chi connectivity index (χ4n) is 2.69. The molecule has 1 unspecified atom stereocenters. The van der Waals surface area contributed by atoms with Crippen molar-refractivity contribution < 1.29 is 9.53 Å². The summed E-state index contributed by atoms with van der Waals surface area (Å²) in [4.78, 5) is 17.0. The summed E-state index contributed by atoms with van der Waals surface area (Å²) in [5.74, 6) is 0.126. The molecule has 4 nitrogen and oxygen atoms in total. The van der Waals surface area contributed by atoms with Gasteiger partial charge in [-0.05, 0) is 24.1 Å². The van der Waals surface area contributed by atoms with Gasteiger partial charge in [0, 0.05) is 31.3 Å². The van der Waals surface area contributed by atoms with E-state index in [4.69, 9.17) is 4.74 Å². The molecular formula is C18H20N2O2. The van der Waals surface area contributed by atoms with Crippen molar-refractivity contribution in [1.82, 2.24) is 10.3 Å². The molecule has 1 aliphatic rings. The molecule has 0 spiro atoms. The maximum absolute atomic E-state index is 12.6. The van der Waals surface area contributed by atoms with Crippen molar-refractivity contribution in [3.05, 3.63) is 65.5 Å². The molecule has 0 bridgehead atoms. The van der Waals surface area contributed by atoms with Crippen LogP contribution in [0.5, 0.6) is 0 Å². The van der Waals surface area contributed by atoms with E-state index in [1.807, 2.05) is 42.5 Å². The zero-order chi connectivity index (χ0) is 15.2. The summed E-state index contributed by atoms with van der Waals surface area (Å²) in [6.07, 6.45) is 2.83. The molecule has 0 saturated carbocycles. The van der Waals surface area contributed by atoms with Crippen LogP contribution in [0.25, 0.3) is 0 Å². The molecule has 3 rings (SSSR count). The highest BCUT2D eigenvalue weighted by Gasteiger charge is 2.22. The third-order valence-electron chi connectivity index (χ3n) is 3.86. The SMILES string of the molecule is O=C(CCc1ccccc1)c1cccnc1C1CNCCO1. The summed E-state index contributed by atoms with van der Waals surface area (Å²) in [6, 6.07) is 13.7. The van der Waals surface area contributed by atoms with E-state index < -0.39 is 0 Å². The molecule has 0 radical (unpaired) electrons. The lowest BCUT2D eigenvalue weighted by Crippen LogP contribution is -2.34. The average Bonchev–Trinajstić information content (AvgIpc) is 2.61. The minimum absolute atomic E-state index is 0.126. The van der Waals surface area contributed by atoms with E-state index in [2.05, 4.69) is 10.3 Å². The molecule has 1 saturated heterocycles. The Morgan fingerprint density at radius 3 is 2.86 bits per heavy atom. The molecule has 1 fully saturated rings. The first-order valence-corrected chi connectivity index (χ1v) is 7.69. The monoisotopic (exact) mass is 296 g/mol. The Kier molecular flexibility index (Phi) is 4.93. The Balaban J connectivity index is 1.72. The predicted octanol–water partition coefficient (Wildman–Crippen LogP) is 2.56. The lowest BCUT2D eigenvalue weighted by Gasteiger charge is -2.24. The van der Waals surface area contributed by atoms with Crippen molar-refractivity contribution in [1.29, 1.82) is 0 Å². The van der Waals surface area contributed by atoms with E-state index in [1.54, 1.807) is 6.20 Å². The van der Waals surface area contributed by atoms with Crippen molar-refractivity contribution in [2.75, 3.05) is 19.7 Å². The predicted molar refractivity (Wildman–Crippen MR) is 84.9 cm³/mol. The number of rotatable bonds is 5. The largest absolute Gasteiger partial charge is 0.369 e. The Morgan fingerprint density at radius 2 is 2.09 bits per heavy atom. The highest BCUT2D eigenvalue weighted by Crippen LogP contribution is 2.22. The minimum atomic E-state index is -0.134. The third-order valence-corrected chi connectivity index (χ3v) is 3.86. The number of aryl methyl sites for hydroxylation is 1. The molecule has 1 atom stereocenters. The number of pyridine rings is 1. The van der Waals surface area contributed by atoms with Crippen LogP contribution < -0.4 is 5.32 Å². The fraction of sp³-hybridized carbons (Fsp3) is 0.333. The summed E-state index contributed by atoms with van der Waals surface area (Å²) in [5, 5.41) is 3.28. The first kappa shape index (κ1) is 14.9. The van der Waals surface area contributed by atoms with Crippen LogP contribution in [0.1, 0.15) is 34.1 Å². The van der Waals surface area contributed by atoms with Crippen molar-refractivity contribution >= 4 is 5.78 Å². The molecule has 2 aromatic rings. The molecule has 1 aliphatic heterocycles. The Morgan fingerprint density at radius 1 is 1.23 bits per heavy atom. The second kappa shape index (κ2) is 7.29. The molecule has 2 heterocycles. The molecule has 1 aromatic heterocycles. The maximum Gasteiger partial charge on any atom is 0.165 e. The van der Waals surface area contributed by atoms with Gasteiger partial charge in [0.1, 0.15) is 6.10 Å². The smallest absolute Gasteiger partial charge is 0.165 e. The van der Waals surface area contributed by atoms with Crippen molar-refractivity contribution in [2.24, 2.45) is 0 Å². The first-order chi connectivity index (χ1) is 10.8. The van der Waals surface area contributed by atoms with Crippen LogP contribution >= 0.6 is 0 Å². The fourth-order valence-corrected chi connectivity index (χ4v) is 2.69. The van der Waals surface area contributed by atoms with Crippen LogP contribution in [0.4, 0.5) is 0 Å². The summed E-state index contributed by atoms with van der Waals surface area (Å²) in [7, 11) is 0. The molecular weight excluding hydrogens is 276 g/mol. The Hall–Kier alpha value is -2.04. The van der Waals surface area contributed by atoms with Gasteiger partial charge in [-0.3, -0.25) is 9.78 Å². The Labute approximate surface area is 130 Å². The number of benzene rings is 1. The number of Topliss-reactive ketones (excluding diaryl/α,β-unsaturated/α-hetero) is 1. The van der Waals surface area contributed by atoms with Crippen LogP contribution in [-0.4, -0.2) is 30.5 Å². The van der Waals surface area contributed by atoms with Gasteiger partial charge in [0.25, 0.3) is 0 Å². The number of nitrogens with one attached hydrogen (secondary N) is 1. The van der Waals surface area contributed by atoms with E-state index in [-0.39, 0.29) is 11.9 Å². The van der Waals surface area contributed by atoms with Crippen LogP contribution in [-0.2, 0) is 11.2 Å². The van der Waals surface area contributed by atoms with Crippen molar-refractivity contribution in [2.45, 2.75) is 18.9 Å². The van der Waals surface area contributed by atoms with Gasteiger partial charge in [-0.15, -0.1) is 0 Å². The highest BCUT2D eigenvalue weighted by atomic mass is 16.5. The summed E-state index contributed by atoms with van der Waals surface area (Å²) in [6.45, 7) is 2.20. The Bertz CT molecular complexity index is 622. The van der Waals surface area contributed by atoms with Gasteiger partial charge in [-0.2, -0.15) is 0 Å². The third kappa shape index (κ3) is 3.59. The van der Waals surface area contributed by atoms with Gasteiger partial charge in [0.05, 0.1) is 12.3 Å². The van der Waals surface area contributed by atoms with Gasteiger partial charge in [-0.1, -0.05) is 30.3 Å². The number of ether oxygens (including phenoxy) is 1. The van der Waals surface area contributed by atoms with Gasteiger partial charge in [-0.25, -0.2) is 0 Å². The molecule has 114 valence electrons. The minimum Gasteiger partial charge on any atom is -0.369 e. The van der Waals surface area contributed by atoms with E-state index in [9.17, 15) is 4.79 Å². The molecule has 1 aromatic carbocycles. The lowest BCUT2D eigenvalue weighted by molar-refractivity contribution is 0.0244. The topological polar surface area (TPSA) is 51.2 Å². The van der Waals surface area contributed by atoms with Gasteiger partial charge < -0.3 is 10.1 Å². The number of morpholine rings is 1. The molecule has 1 N–H and O–H groups in total. The maximum atomic E-state index is 12.6. The summed E-state index contributed by atoms with van der Waals surface area (Å²) < 4.78 is 5.74. The number of carbonyl (C=O) groups excluding carboxylic acids is 1. The van der Waals surface area contributed by atoms with E-state index in [0.717, 1.165) is 18.7 Å². The number of ketones is 1. The standard InChI is InChI=1S/C18H20N2O2/c21-16(9-8-14-5-2-1-3-6-14)15-7-4-10-20-18(15)17-13-19-11-12-22-17/h1-7,10,17,19H,8-9,11-13H2. The second-order valence-electron chi connectivity index (χ2n) is 5.41. The van der Waals surface area contributed by atoms with E-state index in [0.29, 0.717) is 25.1 Å². The molecule has 4 heteroatoms. The van der Waals surface area contributed by atoms with Crippen LogP contribution in [0.3, 0.4) is 0 Å². The normalized spacial score (nSPS) is 18.1. The lowest BCUT2D eigenvalue weighted by atomic mass is 9.99. The molecule has 0 amide bonds. The van der Waals surface area contributed by atoms with Crippen molar-refractivity contribution in [3.63, 3.8) is 0 Å². The molecule has 22 heavy (non-hydrogen) atoms. The van der Waals surface area contributed by atoms with E-state index in [1.165, 1.54) is 5.56 Å².